The normalized spacial score (nSPS) is 12.5. The van der Waals surface area contributed by atoms with Gasteiger partial charge in [0.25, 0.3) is 0 Å². The van der Waals surface area contributed by atoms with Crippen molar-refractivity contribution in [3.63, 3.8) is 0 Å². The van der Waals surface area contributed by atoms with Gasteiger partial charge < -0.3 is 14.8 Å². The highest BCUT2D eigenvalue weighted by molar-refractivity contribution is 6.12. The second-order valence-corrected chi connectivity index (χ2v) is 11.5. The molecule has 0 bridgehead atoms. The topological polar surface area (TPSA) is 64.6 Å². The summed E-state index contributed by atoms with van der Waals surface area (Å²) in [6, 6.07) is 38.8. The fourth-order valence-electron chi connectivity index (χ4n) is 5.95. The van der Waals surface area contributed by atoms with E-state index in [0.29, 0.717) is 29.8 Å². The Kier molecular flexibility index (Phi) is 9.40. The van der Waals surface area contributed by atoms with E-state index in [0.717, 1.165) is 24.2 Å². The van der Waals surface area contributed by atoms with Gasteiger partial charge in [0.2, 0.25) is 0 Å². The van der Waals surface area contributed by atoms with E-state index in [1.54, 1.807) is 18.2 Å². The van der Waals surface area contributed by atoms with E-state index in [2.05, 4.69) is 60.8 Å². The molecule has 0 heterocycles. The van der Waals surface area contributed by atoms with Crippen LogP contribution in [0.25, 0.3) is 17.2 Å². The molecule has 0 saturated heterocycles. The molecule has 5 aromatic carbocycles. The van der Waals surface area contributed by atoms with Gasteiger partial charge in [-0.2, -0.15) is 0 Å². The molecule has 0 aliphatic heterocycles. The molecule has 0 fully saturated rings. The summed E-state index contributed by atoms with van der Waals surface area (Å²) >= 11 is 0. The Balaban J connectivity index is 1.10. The molecular weight excluding hydrogens is 570 g/mol. The summed E-state index contributed by atoms with van der Waals surface area (Å²) < 4.78 is 11.3. The molecule has 6 rings (SSSR count). The average Bonchev–Trinajstić information content (AvgIpc) is 3.48. The number of carbonyl (C=O) groups excluding carboxylic acids is 2. The van der Waals surface area contributed by atoms with Gasteiger partial charge in [-0.3, -0.25) is 4.79 Å². The van der Waals surface area contributed by atoms with Gasteiger partial charge >= 0.3 is 5.97 Å². The Bertz CT molecular complexity index is 1880. The number of hydrogen-bond acceptors (Lipinski definition) is 5. The standard InChI is InChI=1S/C41H37NO4/c1-3-28(23-30-19-22-36-33(24-30)26-32-13-7-8-14-35(32)36)27-46-34-20-17-29(18-21-34)25-39(41(44)45-2)42-38-16-10-9-15-37(38)40(43)31-11-5-4-6-12-31/h4-24,39,42H,3,25-27H2,1-2H3. The molecule has 0 saturated carbocycles. The van der Waals surface area contributed by atoms with Crippen LogP contribution in [0.3, 0.4) is 0 Å². The van der Waals surface area contributed by atoms with Crippen molar-refractivity contribution in [3.05, 3.63) is 160 Å². The summed E-state index contributed by atoms with van der Waals surface area (Å²) in [5.74, 6) is 0.236. The fourth-order valence-corrected chi connectivity index (χ4v) is 5.95. The third-order valence-electron chi connectivity index (χ3n) is 8.45. The Labute approximate surface area is 270 Å². The molecule has 0 radical (unpaired) electrons. The first kappa shape index (κ1) is 30.6. The number of fused-ring (bicyclic) bond motifs is 3. The maximum atomic E-state index is 13.2. The minimum atomic E-state index is -0.684. The number of esters is 1. The minimum absolute atomic E-state index is 0.115. The van der Waals surface area contributed by atoms with Crippen LogP contribution < -0.4 is 10.1 Å². The molecule has 1 unspecified atom stereocenters. The number of methoxy groups -OCH3 is 1. The maximum Gasteiger partial charge on any atom is 0.328 e. The molecule has 46 heavy (non-hydrogen) atoms. The zero-order valence-corrected chi connectivity index (χ0v) is 26.2. The van der Waals surface area contributed by atoms with Gasteiger partial charge in [0.1, 0.15) is 18.4 Å². The Morgan fingerprint density at radius 1 is 0.804 bits per heavy atom. The van der Waals surface area contributed by atoms with Gasteiger partial charge in [0.15, 0.2) is 5.78 Å². The lowest BCUT2D eigenvalue weighted by Gasteiger charge is -2.20. The van der Waals surface area contributed by atoms with Gasteiger partial charge in [0.05, 0.1) is 7.11 Å². The second kappa shape index (κ2) is 14.1. The average molecular weight is 608 g/mol. The fraction of sp³-hybridized carbons (Fsp3) is 0.171. The molecule has 1 atom stereocenters. The Hall–Kier alpha value is -5.42. The van der Waals surface area contributed by atoms with Crippen molar-refractivity contribution >= 4 is 23.5 Å². The predicted octanol–water partition coefficient (Wildman–Crippen LogP) is 8.56. The van der Waals surface area contributed by atoms with Crippen molar-refractivity contribution < 1.29 is 19.1 Å². The van der Waals surface area contributed by atoms with Crippen molar-refractivity contribution in [2.45, 2.75) is 32.2 Å². The van der Waals surface area contributed by atoms with Crippen molar-refractivity contribution in [3.8, 4) is 16.9 Å². The molecule has 0 spiro atoms. The van der Waals surface area contributed by atoms with Gasteiger partial charge in [-0.15, -0.1) is 0 Å². The van der Waals surface area contributed by atoms with E-state index >= 15 is 0 Å². The number of ketones is 1. The number of hydrogen-bond donors (Lipinski definition) is 1. The van der Waals surface area contributed by atoms with E-state index in [4.69, 9.17) is 9.47 Å². The molecule has 1 aliphatic rings. The van der Waals surface area contributed by atoms with Crippen LogP contribution in [0, 0.1) is 0 Å². The highest BCUT2D eigenvalue weighted by atomic mass is 16.5. The maximum absolute atomic E-state index is 13.2. The van der Waals surface area contributed by atoms with Crippen LogP contribution in [0.15, 0.2) is 127 Å². The molecule has 0 aromatic heterocycles. The van der Waals surface area contributed by atoms with Gasteiger partial charge in [-0.05, 0) is 76.1 Å². The van der Waals surface area contributed by atoms with E-state index in [1.165, 1.54) is 40.5 Å². The monoisotopic (exact) mass is 607 g/mol. The number of carbonyl (C=O) groups is 2. The zero-order valence-electron chi connectivity index (χ0n) is 26.2. The van der Waals surface area contributed by atoms with Crippen LogP contribution in [-0.4, -0.2) is 31.5 Å². The lowest BCUT2D eigenvalue weighted by molar-refractivity contribution is -0.141. The molecule has 5 heteroatoms. The SMILES string of the molecule is CCC(=Cc1ccc2c(c1)Cc1ccccc1-2)COc1ccc(CC(Nc2ccccc2C(=O)c2ccccc2)C(=O)OC)cc1. The number of anilines is 1. The van der Waals surface area contributed by atoms with Crippen LogP contribution in [0.1, 0.15) is 51.5 Å². The molecule has 1 N–H and O–H groups in total. The minimum Gasteiger partial charge on any atom is -0.489 e. The molecule has 5 nitrogen and oxygen atoms in total. The summed E-state index contributed by atoms with van der Waals surface area (Å²) in [7, 11) is 1.37. The van der Waals surface area contributed by atoms with E-state index in [9.17, 15) is 9.59 Å². The third-order valence-corrected chi connectivity index (χ3v) is 8.45. The summed E-state index contributed by atoms with van der Waals surface area (Å²) in [5, 5.41) is 3.27. The van der Waals surface area contributed by atoms with Crippen molar-refractivity contribution in [1.29, 1.82) is 0 Å². The van der Waals surface area contributed by atoms with Crippen molar-refractivity contribution in [2.24, 2.45) is 0 Å². The lowest BCUT2D eigenvalue weighted by atomic mass is 10.00. The molecule has 0 amide bonds. The van der Waals surface area contributed by atoms with Crippen LogP contribution in [0.2, 0.25) is 0 Å². The summed E-state index contributed by atoms with van der Waals surface area (Å²) in [6.07, 6.45) is 4.46. The first-order chi connectivity index (χ1) is 22.5. The molecule has 230 valence electrons. The van der Waals surface area contributed by atoms with Crippen LogP contribution >= 0.6 is 0 Å². The quantitative estimate of drug-likeness (QED) is 0.112. The number of para-hydroxylation sites is 1. The van der Waals surface area contributed by atoms with Gasteiger partial charge in [-0.25, -0.2) is 4.79 Å². The third kappa shape index (κ3) is 6.94. The lowest BCUT2D eigenvalue weighted by Crippen LogP contribution is -2.33. The number of rotatable bonds is 12. The van der Waals surface area contributed by atoms with Crippen molar-refractivity contribution in [2.75, 3.05) is 19.0 Å². The Morgan fingerprint density at radius 3 is 2.30 bits per heavy atom. The van der Waals surface area contributed by atoms with Crippen LogP contribution in [0.5, 0.6) is 5.75 Å². The first-order valence-corrected chi connectivity index (χ1v) is 15.7. The van der Waals surface area contributed by atoms with E-state index in [1.807, 2.05) is 60.7 Å². The second-order valence-electron chi connectivity index (χ2n) is 11.5. The largest absolute Gasteiger partial charge is 0.489 e. The first-order valence-electron chi connectivity index (χ1n) is 15.7. The number of benzene rings is 5. The predicted molar refractivity (Wildman–Crippen MR) is 184 cm³/mol. The van der Waals surface area contributed by atoms with Crippen molar-refractivity contribution in [1.82, 2.24) is 0 Å². The highest BCUT2D eigenvalue weighted by Crippen LogP contribution is 2.37. The summed E-state index contributed by atoms with van der Waals surface area (Å²) in [4.78, 5) is 26.0. The van der Waals surface area contributed by atoms with E-state index < -0.39 is 12.0 Å². The van der Waals surface area contributed by atoms with Crippen LogP contribution in [0.4, 0.5) is 5.69 Å². The number of ether oxygens (including phenoxy) is 2. The van der Waals surface area contributed by atoms with E-state index in [-0.39, 0.29) is 5.78 Å². The summed E-state index contributed by atoms with van der Waals surface area (Å²) in [6.45, 7) is 2.64. The van der Waals surface area contributed by atoms with Gasteiger partial charge in [-0.1, -0.05) is 110 Å². The van der Waals surface area contributed by atoms with Crippen LogP contribution in [-0.2, 0) is 22.4 Å². The number of nitrogens with one attached hydrogen (secondary N) is 1. The molecule has 5 aromatic rings. The smallest absolute Gasteiger partial charge is 0.328 e. The molecular formula is C41H37NO4. The highest BCUT2D eigenvalue weighted by Gasteiger charge is 2.23. The Morgan fingerprint density at radius 2 is 1.52 bits per heavy atom. The molecule has 1 aliphatic carbocycles. The summed E-state index contributed by atoms with van der Waals surface area (Å²) in [5.41, 5.74) is 10.4. The van der Waals surface area contributed by atoms with Gasteiger partial charge in [0, 0.05) is 23.2 Å². The zero-order chi connectivity index (χ0) is 31.9.